The van der Waals surface area contributed by atoms with Crippen LogP contribution in [0.1, 0.15) is 5.56 Å². The average molecular weight is 528 g/mol. The monoisotopic (exact) mass is 527 g/mol. The van der Waals surface area contributed by atoms with Crippen LogP contribution in [-0.2, 0) is 23.6 Å². The third kappa shape index (κ3) is 5.65. The van der Waals surface area contributed by atoms with E-state index in [1.807, 2.05) is 38.5 Å². The minimum atomic E-state index is -3.90. The van der Waals surface area contributed by atoms with Crippen molar-refractivity contribution in [3.63, 3.8) is 0 Å². The van der Waals surface area contributed by atoms with E-state index in [0.717, 1.165) is 22.4 Å². The summed E-state index contributed by atoms with van der Waals surface area (Å²) in [5, 5.41) is 14.8. The normalized spacial score (nSPS) is 24.5. The van der Waals surface area contributed by atoms with Gasteiger partial charge in [-0.05, 0) is 42.4 Å². The molecule has 0 amide bonds. The zero-order valence-corrected chi connectivity index (χ0v) is 22.1. The first kappa shape index (κ1) is 25.7. The maximum atomic E-state index is 13.2. The van der Waals surface area contributed by atoms with Crippen LogP contribution in [0.25, 0.3) is 11.1 Å². The molecule has 2 aliphatic rings. The van der Waals surface area contributed by atoms with Crippen LogP contribution in [0, 0.1) is 0 Å². The van der Waals surface area contributed by atoms with Crippen molar-refractivity contribution in [2.24, 2.45) is 7.05 Å². The van der Waals surface area contributed by atoms with Crippen molar-refractivity contribution in [2.75, 3.05) is 40.3 Å². The van der Waals surface area contributed by atoms with Gasteiger partial charge in [-0.3, -0.25) is 14.5 Å². The molecule has 3 atom stereocenters. The number of fused-ring (bicyclic) bond motifs is 2. The predicted octanol–water partition coefficient (Wildman–Crippen LogP) is 1.31. The van der Waals surface area contributed by atoms with Crippen LogP contribution < -0.4 is 14.2 Å². The van der Waals surface area contributed by atoms with E-state index in [2.05, 4.69) is 25.7 Å². The van der Waals surface area contributed by atoms with Gasteiger partial charge in [-0.25, -0.2) is 13.1 Å². The van der Waals surface area contributed by atoms with Gasteiger partial charge in [0.05, 0.1) is 25.5 Å². The SMILES string of the molecule is COc1cccc(CN2C[C@@H]3Oc4cc(-c5cnn(C)c5)ccc4S(=O)(=O)NC[C@H](O)CN(C)[C@@H]3C2)c1. The number of methoxy groups -OCH3 is 1. The molecule has 2 aromatic carbocycles. The van der Waals surface area contributed by atoms with Crippen LogP contribution in [0.2, 0.25) is 0 Å². The van der Waals surface area contributed by atoms with Gasteiger partial charge in [-0.1, -0.05) is 18.2 Å². The number of rotatable bonds is 4. The Morgan fingerprint density at radius 1 is 1.14 bits per heavy atom. The molecular formula is C26H33N5O5S. The van der Waals surface area contributed by atoms with Crippen molar-refractivity contribution in [2.45, 2.75) is 29.7 Å². The summed E-state index contributed by atoms with van der Waals surface area (Å²) in [5.74, 6) is 1.09. The van der Waals surface area contributed by atoms with Crippen LogP contribution in [0.15, 0.2) is 59.8 Å². The molecule has 2 aliphatic heterocycles. The lowest BCUT2D eigenvalue weighted by Gasteiger charge is -2.30. The first-order valence-corrected chi connectivity index (χ1v) is 13.7. The smallest absolute Gasteiger partial charge is 0.244 e. The van der Waals surface area contributed by atoms with E-state index in [0.29, 0.717) is 26.2 Å². The summed E-state index contributed by atoms with van der Waals surface area (Å²) in [6, 6.07) is 13.0. The standard InChI is InChI=1S/C26H33N5O5S/c1-29-15-21(32)12-28-37(33,34)26-8-7-19(20-11-27-30(2)14-20)10-24(26)36-25-17-31(16-23(25)29)13-18-5-4-6-22(9-18)35-3/h4-11,14,21,23,25,28,32H,12-13,15-17H2,1-3H3/t21-,23+,25-/m0/s1. The van der Waals surface area contributed by atoms with Crippen LogP contribution in [-0.4, -0.2) is 91.7 Å². The van der Waals surface area contributed by atoms with Gasteiger partial charge in [0.2, 0.25) is 10.0 Å². The molecule has 0 bridgehead atoms. The molecule has 0 aliphatic carbocycles. The van der Waals surface area contributed by atoms with E-state index in [9.17, 15) is 13.5 Å². The van der Waals surface area contributed by atoms with E-state index in [-0.39, 0.29) is 29.3 Å². The number of nitrogens with one attached hydrogen (secondary N) is 1. The van der Waals surface area contributed by atoms with Gasteiger partial charge in [0.15, 0.2) is 0 Å². The molecule has 1 saturated heterocycles. The molecule has 10 nitrogen and oxygen atoms in total. The number of benzene rings is 2. The summed E-state index contributed by atoms with van der Waals surface area (Å²) in [7, 11) is 1.53. The Morgan fingerprint density at radius 3 is 2.73 bits per heavy atom. The molecular weight excluding hydrogens is 494 g/mol. The lowest BCUT2D eigenvalue weighted by molar-refractivity contribution is 0.0713. The van der Waals surface area contributed by atoms with Crippen molar-refractivity contribution >= 4 is 10.0 Å². The highest BCUT2D eigenvalue weighted by atomic mass is 32.2. The highest BCUT2D eigenvalue weighted by molar-refractivity contribution is 7.89. The summed E-state index contributed by atoms with van der Waals surface area (Å²) in [6.45, 7) is 2.25. The van der Waals surface area contributed by atoms with E-state index in [1.54, 1.807) is 36.2 Å². The van der Waals surface area contributed by atoms with Gasteiger partial charge in [0, 0.05) is 51.5 Å². The van der Waals surface area contributed by atoms with Crippen LogP contribution in [0.5, 0.6) is 11.5 Å². The number of β-amino-alcohol motifs (C(OH)–C–C–N with tert-alkyl or cyclic N) is 1. The summed E-state index contributed by atoms with van der Waals surface area (Å²) in [6.07, 6.45) is 2.44. The zero-order chi connectivity index (χ0) is 26.2. The second kappa shape index (κ2) is 10.4. The fraction of sp³-hybridized carbons (Fsp3) is 0.423. The van der Waals surface area contributed by atoms with Crippen LogP contribution in [0.4, 0.5) is 0 Å². The average Bonchev–Trinajstić information content (AvgIpc) is 3.48. The van der Waals surface area contributed by atoms with Gasteiger partial charge >= 0.3 is 0 Å². The Bertz CT molecular complexity index is 1360. The number of aliphatic hydroxyl groups is 1. The molecule has 3 aromatic rings. The molecule has 0 spiro atoms. The number of ether oxygens (including phenoxy) is 2. The Balaban J connectivity index is 1.49. The molecule has 37 heavy (non-hydrogen) atoms. The molecule has 0 saturated carbocycles. The molecule has 0 radical (unpaired) electrons. The second-order valence-electron chi connectivity index (χ2n) is 9.78. The molecule has 2 N–H and O–H groups in total. The van der Waals surface area contributed by atoms with Gasteiger partial charge in [0.25, 0.3) is 0 Å². The number of hydrogen-bond acceptors (Lipinski definition) is 8. The van der Waals surface area contributed by atoms with Crippen molar-refractivity contribution in [3.8, 4) is 22.6 Å². The zero-order valence-electron chi connectivity index (χ0n) is 21.2. The van der Waals surface area contributed by atoms with Crippen molar-refractivity contribution in [1.82, 2.24) is 24.3 Å². The van der Waals surface area contributed by atoms with E-state index in [1.165, 1.54) is 0 Å². The van der Waals surface area contributed by atoms with Crippen molar-refractivity contribution in [3.05, 3.63) is 60.4 Å². The van der Waals surface area contributed by atoms with Crippen molar-refractivity contribution < 1.29 is 23.0 Å². The number of aromatic nitrogens is 2. The molecule has 0 unspecified atom stereocenters. The minimum absolute atomic E-state index is 0.0454. The third-order valence-corrected chi connectivity index (χ3v) is 8.44. The lowest BCUT2D eigenvalue weighted by atomic mass is 10.1. The summed E-state index contributed by atoms with van der Waals surface area (Å²) in [4.78, 5) is 4.41. The lowest BCUT2D eigenvalue weighted by Crippen LogP contribution is -2.47. The predicted molar refractivity (Wildman–Crippen MR) is 139 cm³/mol. The first-order valence-electron chi connectivity index (χ1n) is 12.2. The quantitative estimate of drug-likeness (QED) is 0.523. The molecule has 11 heteroatoms. The maximum Gasteiger partial charge on any atom is 0.244 e. The largest absolute Gasteiger partial charge is 0.497 e. The number of aryl methyl sites for hydroxylation is 1. The van der Waals surface area contributed by atoms with Gasteiger partial charge in [-0.2, -0.15) is 5.10 Å². The number of likely N-dealkylation sites (tertiary alicyclic amines) is 1. The van der Waals surface area contributed by atoms with Crippen LogP contribution in [0.3, 0.4) is 0 Å². The molecule has 5 rings (SSSR count). The molecule has 1 fully saturated rings. The van der Waals surface area contributed by atoms with Crippen LogP contribution >= 0.6 is 0 Å². The maximum absolute atomic E-state index is 13.2. The molecule has 3 heterocycles. The van der Waals surface area contributed by atoms with Gasteiger partial charge in [0.1, 0.15) is 22.5 Å². The number of nitrogens with zero attached hydrogens (tertiary/aromatic N) is 4. The number of sulfonamides is 1. The first-order chi connectivity index (χ1) is 17.7. The highest BCUT2D eigenvalue weighted by Gasteiger charge is 2.39. The summed E-state index contributed by atoms with van der Waals surface area (Å²) < 4.78 is 42.6. The van der Waals surface area contributed by atoms with E-state index in [4.69, 9.17) is 9.47 Å². The highest BCUT2D eigenvalue weighted by Crippen LogP contribution is 2.33. The van der Waals surface area contributed by atoms with E-state index >= 15 is 0 Å². The Kier molecular flexibility index (Phi) is 7.24. The third-order valence-electron chi connectivity index (χ3n) is 6.98. The fourth-order valence-corrected chi connectivity index (χ4v) is 6.27. The second-order valence-corrected chi connectivity index (χ2v) is 11.5. The molecule has 1 aromatic heterocycles. The Labute approximate surface area is 217 Å². The number of hydrogen-bond donors (Lipinski definition) is 2. The van der Waals surface area contributed by atoms with Gasteiger partial charge in [-0.15, -0.1) is 0 Å². The number of likely N-dealkylation sites (N-methyl/N-ethyl adjacent to an activating group) is 1. The van der Waals surface area contributed by atoms with Crippen molar-refractivity contribution in [1.29, 1.82) is 0 Å². The van der Waals surface area contributed by atoms with E-state index < -0.39 is 16.1 Å². The van der Waals surface area contributed by atoms with Gasteiger partial charge < -0.3 is 14.6 Å². The fourth-order valence-electron chi connectivity index (χ4n) is 5.08. The summed E-state index contributed by atoms with van der Waals surface area (Å²) >= 11 is 0. The Hall–Kier alpha value is -2.96. The Morgan fingerprint density at radius 2 is 1.97 bits per heavy atom. The molecule has 198 valence electrons. The number of aliphatic hydroxyl groups excluding tert-OH is 1. The topological polar surface area (TPSA) is 109 Å². The summed E-state index contributed by atoms with van der Waals surface area (Å²) in [5.41, 5.74) is 2.80. The minimum Gasteiger partial charge on any atom is -0.497 e.